The zero-order valence-electron chi connectivity index (χ0n) is 20.6. The number of ether oxygens (including phenoxy) is 1. The van der Waals surface area contributed by atoms with Crippen LogP contribution in [0.4, 0.5) is 13.2 Å². The first-order valence-electron chi connectivity index (χ1n) is 12.0. The molecule has 0 spiro atoms. The Hall–Kier alpha value is -4.39. The number of carbonyl (C=O) groups excluding carboxylic acids is 2. The fourth-order valence-corrected chi connectivity index (χ4v) is 4.63. The van der Waals surface area contributed by atoms with E-state index in [1.807, 2.05) is 91.0 Å². The Bertz CT molecular complexity index is 1260. The summed E-state index contributed by atoms with van der Waals surface area (Å²) in [7, 11) is 1.20. The van der Waals surface area contributed by atoms with Crippen LogP contribution in [-0.4, -0.2) is 25.0 Å². The zero-order chi connectivity index (χ0) is 27.2. The lowest BCUT2D eigenvalue weighted by atomic mass is 9.68. The van der Waals surface area contributed by atoms with Crippen molar-refractivity contribution < 1.29 is 27.5 Å². The third-order valence-electron chi connectivity index (χ3n) is 6.47. The van der Waals surface area contributed by atoms with E-state index < -0.39 is 35.1 Å². The van der Waals surface area contributed by atoms with E-state index in [9.17, 15) is 22.8 Å². The molecule has 0 aliphatic carbocycles. The minimum absolute atomic E-state index is 0.0506. The number of carbonyl (C=O) groups is 2. The number of nitrogens with one attached hydrogen (secondary N) is 1. The molecule has 7 heteroatoms. The van der Waals surface area contributed by atoms with Crippen LogP contribution in [0.5, 0.6) is 0 Å². The normalized spacial score (nSPS) is 12.4. The molecule has 1 amide bonds. The molecule has 194 valence electrons. The molecule has 4 nitrogen and oxygen atoms in total. The van der Waals surface area contributed by atoms with E-state index >= 15 is 0 Å². The van der Waals surface area contributed by atoms with Crippen LogP contribution in [0.15, 0.2) is 115 Å². The Labute approximate surface area is 219 Å². The van der Waals surface area contributed by atoms with Gasteiger partial charge in [0.1, 0.15) is 11.5 Å². The van der Waals surface area contributed by atoms with E-state index in [0.29, 0.717) is 22.3 Å². The first-order valence-corrected chi connectivity index (χ1v) is 12.0. The van der Waals surface area contributed by atoms with Crippen molar-refractivity contribution >= 4 is 11.9 Å². The number of hydrogen-bond donors (Lipinski definition) is 1. The monoisotopic (exact) mass is 517 g/mol. The smallest absolute Gasteiger partial charge is 0.416 e. The number of alkyl halides is 3. The highest BCUT2D eigenvalue weighted by atomic mass is 19.4. The Morgan fingerprint density at radius 1 is 0.684 bits per heavy atom. The van der Waals surface area contributed by atoms with Gasteiger partial charge in [-0.05, 0) is 34.4 Å². The second-order valence-electron chi connectivity index (χ2n) is 8.80. The zero-order valence-corrected chi connectivity index (χ0v) is 20.6. The number of esters is 1. The van der Waals surface area contributed by atoms with Gasteiger partial charge >= 0.3 is 12.1 Å². The van der Waals surface area contributed by atoms with Crippen LogP contribution in [-0.2, 0) is 32.3 Å². The molecule has 0 bridgehead atoms. The van der Waals surface area contributed by atoms with Gasteiger partial charge in [0.05, 0.1) is 12.7 Å². The second kappa shape index (κ2) is 11.3. The van der Waals surface area contributed by atoms with Gasteiger partial charge in [-0.3, -0.25) is 4.79 Å². The predicted octanol–water partition coefficient (Wildman–Crippen LogP) is 5.94. The van der Waals surface area contributed by atoms with Crippen molar-refractivity contribution in [2.24, 2.45) is 0 Å². The van der Waals surface area contributed by atoms with E-state index in [4.69, 9.17) is 4.74 Å². The summed E-state index contributed by atoms with van der Waals surface area (Å²) in [4.78, 5) is 27.2. The maximum Gasteiger partial charge on any atom is 0.416 e. The molecule has 1 atom stereocenters. The SMILES string of the molecule is COC(=O)[C@@H](Cc1ccc(C(F)(F)F)cc1)NC(=O)C(c1ccccc1)(c1ccccc1)c1ccccc1. The molecule has 38 heavy (non-hydrogen) atoms. The average molecular weight is 518 g/mol. The molecule has 0 saturated heterocycles. The molecule has 4 aromatic carbocycles. The molecule has 0 aliphatic heterocycles. The molecular weight excluding hydrogens is 491 g/mol. The summed E-state index contributed by atoms with van der Waals surface area (Å²) in [5.41, 5.74) is 0.389. The number of halogens is 3. The van der Waals surface area contributed by atoms with Gasteiger partial charge in [-0.25, -0.2) is 4.79 Å². The standard InChI is InChI=1S/C31H26F3NO3/c1-38-28(36)27(21-22-17-19-26(20-18-22)31(32,33)34)35-29(37)30(23-11-5-2-6-12-23,24-13-7-3-8-14-24)25-15-9-4-10-16-25/h2-20,27H,21H2,1H3,(H,35,37)/t27-/m1/s1. The van der Waals surface area contributed by atoms with Crippen LogP contribution in [0, 0.1) is 0 Å². The summed E-state index contributed by atoms with van der Waals surface area (Å²) in [6, 6.07) is 31.0. The van der Waals surface area contributed by atoms with Crippen molar-refractivity contribution in [3.05, 3.63) is 143 Å². The van der Waals surface area contributed by atoms with Crippen LogP contribution in [0.2, 0.25) is 0 Å². The summed E-state index contributed by atoms with van der Waals surface area (Å²) >= 11 is 0. The molecule has 1 N–H and O–H groups in total. The Morgan fingerprint density at radius 3 is 1.47 bits per heavy atom. The topological polar surface area (TPSA) is 55.4 Å². The van der Waals surface area contributed by atoms with Crippen LogP contribution < -0.4 is 5.32 Å². The molecule has 0 fully saturated rings. The molecule has 0 aliphatic rings. The number of hydrogen-bond acceptors (Lipinski definition) is 3. The molecule has 0 heterocycles. The highest BCUT2D eigenvalue weighted by Gasteiger charge is 2.45. The highest BCUT2D eigenvalue weighted by molar-refractivity contribution is 5.98. The first-order chi connectivity index (χ1) is 18.3. The highest BCUT2D eigenvalue weighted by Crippen LogP contribution is 2.39. The Balaban J connectivity index is 1.79. The molecule has 0 saturated carbocycles. The molecule has 0 radical (unpaired) electrons. The average Bonchev–Trinajstić information content (AvgIpc) is 2.94. The van der Waals surface area contributed by atoms with Gasteiger partial charge in [0.2, 0.25) is 5.91 Å². The van der Waals surface area contributed by atoms with Gasteiger partial charge in [0.25, 0.3) is 0 Å². The van der Waals surface area contributed by atoms with Gasteiger partial charge in [0, 0.05) is 6.42 Å². The number of amides is 1. The van der Waals surface area contributed by atoms with Crippen LogP contribution >= 0.6 is 0 Å². The van der Waals surface area contributed by atoms with Crippen LogP contribution in [0.25, 0.3) is 0 Å². The minimum atomic E-state index is -4.48. The van der Waals surface area contributed by atoms with E-state index in [2.05, 4.69) is 5.32 Å². The fourth-order valence-electron chi connectivity index (χ4n) is 4.63. The van der Waals surface area contributed by atoms with Crippen molar-refractivity contribution in [1.29, 1.82) is 0 Å². The third kappa shape index (κ3) is 5.47. The maximum atomic E-state index is 14.4. The van der Waals surface area contributed by atoms with Crippen molar-refractivity contribution in [3.8, 4) is 0 Å². The predicted molar refractivity (Wildman–Crippen MR) is 138 cm³/mol. The molecule has 4 aromatic rings. The first kappa shape index (κ1) is 26.7. The number of rotatable bonds is 8. The summed E-state index contributed by atoms with van der Waals surface area (Å²) < 4.78 is 44.0. The number of benzene rings is 4. The van der Waals surface area contributed by atoms with Gasteiger partial charge < -0.3 is 10.1 Å². The fraction of sp³-hybridized carbons (Fsp3) is 0.161. The lowest BCUT2D eigenvalue weighted by molar-refractivity contribution is -0.145. The van der Waals surface area contributed by atoms with Crippen molar-refractivity contribution in [3.63, 3.8) is 0 Å². The van der Waals surface area contributed by atoms with Gasteiger partial charge in [0.15, 0.2) is 0 Å². The minimum Gasteiger partial charge on any atom is -0.467 e. The van der Waals surface area contributed by atoms with E-state index in [1.165, 1.54) is 19.2 Å². The van der Waals surface area contributed by atoms with Crippen LogP contribution in [0.3, 0.4) is 0 Å². The lowest BCUT2D eigenvalue weighted by Gasteiger charge is -2.35. The largest absolute Gasteiger partial charge is 0.467 e. The maximum absolute atomic E-state index is 14.4. The van der Waals surface area contributed by atoms with E-state index in [-0.39, 0.29) is 6.42 Å². The summed E-state index contributed by atoms with van der Waals surface area (Å²) in [5.74, 6) is -1.18. The van der Waals surface area contributed by atoms with E-state index in [1.54, 1.807) is 0 Å². The Kier molecular flexibility index (Phi) is 7.96. The van der Waals surface area contributed by atoms with Crippen LogP contribution in [0.1, 0.15) is 27.8 Å². The lowest BCUT2D eigenvalue weighted by Crippen LogP contribution is -2.52. The van der Waals surface area contributed by atoms with Gasteiger partial charge in [-0.1, -0.05) is 103 Å². The molecule has 0 unspecified atom stereocenters. The second-order valence-corrected chi connectivity index (χ2v) is 8.80. The summed E-state index contributed by atoms with van der Waals surface area (Å²) in [6.45, 7) is 0. The van der Waals surface area contributed by atoms with Crippen molar-refractivity contribution in [2.75, 3.05) is 7.11 Å². The molecule has 4 rings (SSSR count). The van der Waals surface area contributed by atoms with Crippen molar-refractivity contribution in [2.45, 2.75) is 24.1 Å². The summed E-state index contributed by atoms with van der Waals surface area (Å²) in [6.07, 6.45) is -4.53. The quantitative estimate of drug-likeness (QED) is 0.233. The van der Waals surface area contributed by atoms with Crippen molar-refractivity contribution in [1.82, 2.24) is 5.32 Å². The summed E-state index contributed by atoms with van der Waals surface area (Å²) in [5, 5.41) is 2.86. The van der Waals surface area contributed by atoms with Gasteiger partial charge in [-0.2, -0.15) is 13.2 Å². The third-order valence-corrected chi connectivity index (χ3v) is 6.47. The number of methoxy groups -OCH3 is 1. The Morgan fingerprint density at radius 2 is 1.11 bits per heavy atom. The van der Waals surface area contributed by atoms with E-state index in [0.717, 1.165) is 12.1 Å². The van der Waals surface area contributed by atoms with Gasteiger partial charge in [-0.15, -0.1) is 0 Å². The molecule has 0 aromatic heterocycles. The molecular formula is C31H26F3NO3.